The summed E-state index contributed by atoms with van der Waals surface area (Å²) in [4.78, 5) is 5.76. The Hall–Kier alpha value is -1.39. The minimum Gasteiger partial charge on any atom is -0.361 e. The van der Waals surface area contributed by atoms with Gasteiger partial charge >= 0.3 is 0 Å². The van der Waals surface area contributed by atoms with E-state index in [2.05, 4.69) is 22.1 Å². The molecule has 4 heteroatoms. The number of nitrogens with one attached hydrogen (secondary N) is 2. The average molecular weight is 277 g/mol. The Bertz CT molecular complexity index is 578. The molecule has 0 aliphatic carbocycles. The van der Waals surface area contributed by atoms with Crippen LogP contribution >= 0.6 is 0 Å². The number of H-pyrrole nitrogens is 1. The molecule has 1 saturated heterocycles. The Kier molecular flexibility index (Phi) is 4.03. The van der Waals surface area contributed by atoms with Gasteiger partial charge in [0.15, 0.2) is 0 Å². The molecule has 3 rings (SSSR count). The van der Waals surface area contributed by atoms with E-state index in [9.17, 15) is 4.39 Å². The van der Waals surface area contributed by atoms with Gasteiger partial charge in [-0.15, -0.1) is 0 Å². The maximum atomic E-state index is 13.4. The molecular formula is C16H24FN3. The lowest BCUT2D eigenvalue weighted by Gasteiger charge is -2.32. The smallest absolute Gasteiger partial charge is 0.123 e. The third kappa shape index (κ3) is 2.86. The number of hydrogen-bond donors (Lipinski definition) is 2. The van der Waals surface area contributed by atoms with E-state index >= 15 is 0 Å². The van der Waals surface area contributed by atoms with Crippen molar-refractivity contribution >= 4 is 10.9 Å². The van der Waals surface area contributed by atoms with Gasteiger partial charge in [0.2, 0.25) is 0 Å². The number of rotatable bonds is 4. The second-order valence-corrected chi connectivity index (χ2v) is 5.68. The third-order valence-electron chi connectivity index (χ3n) is 4.34. The molecule has 20 heavy (non-hydrogen) atoms. The molecule has 1 aromatic carbocycles. The summed E-state index contributed by atoms with van der Waals surface area (Å²) >= 11 is 0. The van der Waals surface area contributed by atoms with Gasteiger partial charge in [0.25, 0.3) is 0 Å². The highest BCUT2D eigenvalue weighted by Gasteiger charge is 2.16. The van der Waals surface area contributed by atoms with E-state index in [1.807, 2.05) is 12.3 Å². The largest absolute Gasteiger partial charge is 0.361 e. The Morgan fingerprint density at radius 2 is 2.15 bits per heavy atom. The number of benzene rings is 1. The fourth-order valence-corrected chi connectivity index (χ4v) is 3.03. The first-order valence-corrected chi connectivity index (χ1v) is 7.44. The van der Waals surface area contributed by atoms with Crippen LogP contribution in [-0.2, 0) is 6.42 Å². The molecule has 2 heterocycles. The van der Waals surface area contributed by atoms with E-state index in [1.165, 1.54) is 11.6 Å². The average Bonchev–Trinajstić information content (AvgIpc) is 2.88. The molecule has 0 bridgehead atoms. The maximum absolute atomic E-state index is 13.4. The van der Waals surface area contributed by atoms with E-state index in [-0.39, 0.29) is 7.24 Å². The summed E-state index contributed by atoms with van der Waals surface area (Å²) in [6, 6.07) is 5.53. The van der Waals surface area contributed by atoms with Gasteiger partial charge in [-0.2, -0.15) is 0 Å². The molecule has 2 N–H and O–H groups in total. The number of piperazine rings is 1. The molecule has 1 fully saturated rings. The van der Waals surface area contributed by atoms with Crippen molar-refractivity contribution in [2.24, 2.45) is 0 Å². The molecule has 1 aromatic heterocycles. The van der Waals surface area contributed by atoms with E-state index in [1.54, 1.807) is 6.07 Å². The molecule has 0 saturated carbocycles. The Morgan fingerprint density at radius 1 is 1.35 bits per heavy atom. The number of nitrogens with zero attached hydrogens (tertiary/aromatic N) is 1. The Morgan fingerprint density at radius 3 is 2.95 bits per heavy atom. The lowest BCUT2D eigenvalue weighted by Crippen LogP contribution is -2.47. The van der Waals surface area contributed by atoms with Crippen LogP contribution in [0.1, 0.15) is 20.3 Å². The number of aromatic nitrogens is 1. The van der Waals surface area contributed by atoms with Gasteiger partial charge in [0, 0.05) is 50.7 Å². The van der Waals surface area contributed by atoms with E-state index < -0.39 is 0 Å². The SMILES string of the molecule is CC(CCc1c[nH]c2ccc(F)cc12)N1CCNCC1.[HH]. The second-order valence-electron chi connectivity index (χ2n) is 5.68. The molecule has 2 aromatic rings. The summed E-state index contributed by atoms with van der Waals surface area (Å²) in [5.41, 5.74) is 2.25. The van der Waals surface area contributed by atoms with Crippen molar-refractivity contribution in [3.8, 4) is 0 Å². The van der Waals surface area contributed by atoms with Crippen molar-refractivity contribution in [2.75, 3.05) is 26.2 Å². The number of halogens is 1. The van der Waals surface area contributed by atoms with E-state index in [0.29, 0.717) is 6.04 Å². The Balaban J connectivity index is 0.00000161. The molecule has 1 aliphatic heterocycles. The van der Waals surface area contributed by atoms with Crippen molar-refractivity contribution in [3.63, 3.8) is 0 Å². The number of aryl methyl sites for hydroxylation is 1. The standard InChI is InChI=1S/C16H22FN3.H2/c1-12(20-8-6-18-7-9-20)2-3-13-11-19-16-5-4-14(17)10-15(13)16;/h4-5,10-12,18-19H,2-3,6-9H2,1H3;1H. The van der Waals surface area contributed by atoms with E-state index in [0.717, 1.165) is 49.9 Å². The summed E-state index contributed by atoms with van der Waals surface area (Å²) in [6.07, 6.45) is 4.13. The lowest BCUT2D eigenvalue weighted by molar-refractivity contribution is 0.177. The summed E-state index contributed by atoms with van der Waals surface area (Å²) in [6.45, 7) is 6.72. The highest BCUT2D eigenvalue weighted by atomic mass is 19.1. The van der Waals surface area contributed by atoms with Crippen molar-refractivity contribution in [1.82, 2.24) is 15.2 Å². The quantitative estimate of drug-likeness (QED) is 0.900. The van der Waals surface area contributed by atoms with Crippen LogP contribution in [0.3, 0.4) is 0 Å². The number of fused-ring (bicyclic) bond motifs is 1. The fourth-order valence-electron chi connectivity index (χ4n) is 3.03. The van der Waals surface area contributed by atoms with Gasteiger partial charge in [-0.1, -0.05) is 0 Å². The van der Waals surface area contributed by atoms with Crippen LogP contribution in [0, 0.1) is 5.82 Å². The van der Waals surface area contributed by atoms with Crippen molar-refractivity contribution in [1.29, 1.82) is 0 Å². The summed E-state index contributed by atoms with van der Waals surface area (Å²) in [5, 5.41) is 4.41. The van der Waals surface area contributed by atoms with Gasteiger partial charge in [-0.3, -0.25) is 4.90 Å². The fraction of sp³-hybridized carbons (Fsp3) is 0.500. The van der Waals surface area contributed by atoms with Crippen LogP contribution in [0.25, 0.3) is 10.9 Å². The first kappa shape index (κ1) is 13.6. The molecule has 0 amide bonds. The van der Waals surface area contributed by atoms with Crippen LogP contribution in [0.15, 0.2) is 24.4 Å². The predicted molar refractivity (Wildman–Crippen MR) is 82.6 cm³/mol. The van der Waals surface area contributed by atoms with Crippen LogP contribution in [0.2, 0.25) is 0 Å². The van der Waals surface area contributed by atoms with Crippen LogP contribution in [-0.4, -0.2) is 42.1 Å². The summed E-state index contributed by atoms with van der Waals surface area (Å²) in [7, 11) is 0. The molecule has 1 atom stereocenters. The van der Waals surface area contributed by atoms with Gasteiger partial charge < -0.3 is 10.3 Å². The first-order chi connectivity index (χ1) is 9.74. The third-order valence-corrected chi connectivity index (χ3v) is 4.34. The zero-order valence-electron chi connectivity index (χ0n) is 12.0. The molecular weight excluding hydrogens is 253 g/mol. The van der Waals surface area contributed by atoms with Gasteiger partial charge in [-0.05, 0) is 43.5 Å². The van der Waals surface area contributed by atoms with E-state index in [4.69, 9.17) is 0 Å². The number of aromatic amines is 1. The molecule has 110 valence electrons. The highest BCUT2D eigenvalue weighted by Crippen LogP contribution is 2.21. The zero-order valence-corrected chi connectivity index (χ0v) is 12.0. The minimum absolute atomic E-state index is 0. The van der Waals surface area contributed by atoms with Crippen LogP contribution in [0.5, 0.6) is 0 Å². The Labute approximate surface area is 120 Å². The van der Waals surface area contributed by atoms with Gasteiger partial charge in [-0.25, -0.2) is 4.39 Å². The molecule has 0 spiro atoms. The topological polar surface area (TPSA) is 31.1 Å². The highest BCUT2D eigenvalue weighted by molar-refractivity contribution is 5.83. The van der Waals surface area contributed by atoms with Gasteiger partial charge in [0.1, 0.15) is 5.82 Å². The maximum Gasteiger partial charge on any atom is 0.123 e. The zero-order chi connectivity index (χ0) is 13.9. The van der Waals surface area contributed by atoms with Crippen molar-refractivity contribution in [2.45, 2.75) is 25.8 Å². The molecule has 3 nitrogen and oxygen atoms in total. The summed E-state index contributed by atoms with van der Waals surface area (Å²) in [5.74, 6) is -0.159. The predicted octanol–water partition coefficient (Wildman–Crippen LogP) is 2.78. The monoisotopic (exact) mass is 277 g/mol. The lowest BCUT2D eigenvalue weighted by atomic mass is 10.0. The van der Waals surface area contributed by atoms with Crippen LogP contribution in [0.4, 0.5) is 4.39 Å². The normalized spacial score (nSPS) is 18.5. The summed E-state index contributed by atoms with van der Waals surface area (Å²) < 4.78 is 13.4. The molecule has 1 aliphatic rings. The van der Waals surface area contributed by atoms with Crippen molar-refractivity contribution in [3.05, 3.63) is 35.8 Å². The molecule has 1 unspecified atom stereocenters. The second kappa shape index (κ2) is 5.94. The van der Waals surface area contributed by atoms with Crippen molar-refractivity contribution < 1.29 is 5.82 Å². The van der Waals surface area contributed by atoms with Gasteiger partial charge in [0.05, 0.1) is 0 Å². The number of hydrogen-bond acceptors (Lipinski definition) is 2. The van der Waals surface area contributed by atoms with Crippen LogP contribution < -0.4 is 5.32 Å². The molecule has 0 radical (unpaired) electrons. The minimum atomic E-state index is -0.159. The first-order valence-electron chi connectivity index (χ1n) is 7.44.